The molecule has 0 amide bonds. The lowest BCUT2D eigenvalue weighted by Gasteiger charge is -2.25. The van der Waals surface area contributed by atoms with Crippen molar-refractivity contribution in [2.75, 3.05) is 10.6 Å². The van der Waals surface area contributed by atoms with Crippen LogP contribution in [0.4, 0.5) is 15.8 Å². The molecule has 1 aromatic heterocycles. The molecular formula is C26H25ClFN5. The fourth-order valence-electron chi connectivity index (χ4n) is 4.13. The highest BCUT2D eigenvalue weighted by Gasteiger charge is 2.35. The number of hydrogen-bond acceptors (Lipinski definition) is 4. The van der Waals surface area contributed by atoms with Gasteiger partial charge in [0.2, 0.25) is 0 Å². The summed E-state index contributed by atoms with van der Waals surface area (Å²) in [4.78, 5) is 0. The molecule has 1 heterocycles. The summed E-state index contributed by atoms with van der Waals surface area (Å²) < 4.78 is 16.5. The van der Waals surface area contributed by atoms with Gasteiger partial charge in [0.05, 0.1) is 11.4 Å². The number of pyridine rings is 1. The van der Waals surface area contributed by atoms with Gasteiger partial charge in [-0.05, 0) is 61.4 Å². The Morgan fingerprint density at radius 2 is 1.61 bits per heavy atom. The van der Waals surface area contributed by atoms with Crippen molar-refractivity contribution in [1.82, 2.24) is 4.57 Å². The van der Waals surface area contributed by atoms with Gasteiger partial charge in [0.15, 0.2) is 0 Å². The van der Waals surface area contributed by atoms with Crippen LogP contribution in [0, 0.1) is 28.5 Å². The number of allylic oxidation sites excluding steroid dienone is 2. The molecule has 7 heteroatoms. The molecule has 2 atom stereocenters. The summed E-state index contributed by atoms with van der Waals surface area (Å²) in [5, 5.41) is 23.3. The quantitative estimate of drug-likeness (QED) is 0.331. The van der Waals surface area contributed by atoms with Gasteiger partial charge >= 0.3 is 0 Å². The Balaban J connectivity index is 1.49. The maximum absolute atomic E-state index is 14.9. The zero-order valence-corrected chi connectivity index (χ0v) is 18.8. The Bertz CT molecular complexity index is 1280. The number of hydrogen-bond donors (Lipinski definition) is 4. The van der Waals surface area contributed by atoms with Gasteiger partial charge < -0.3 is 20.6 Å². The molecule has 0 bridgehead atoms. The minimum absolute atomic E-state index is 0.0405. The number of anilines is 2. The summed E-state index contributed by atoms with van der Waals surface area (Å²) >= 11 is 5.96. The number of nitrogens with zero attached hydrogens (tertiary/aromatic N) is 1. The second-order valence-electron chi connectivity index (χ2n) is 8.15. The average molecular weight is 462 g/mol. The number of halogens is 2. The predicted octanol–water partition coefficient (Wildman–Crippen LogP) is 6.35. The molecule has 168 valence electrons. The zero-order valence-electron chi connectivity index (χ0n) is 18.0. The first-order chi connectivity index (χ1) is 15.8. The first kappa shape index (κ1) is 22.6. The Labute approximate surface area is 197 Å². The summed E-state index contributed by atoms with van der Waals surface area (Å²) in [7, 11) is 0. The first-order valence-electron chi connectivity index (χ1n) is 10.6. The topological polar surface area (TPSA) is 76.7 Å². The van der Waals surface area contributed by atoms with Crippen LogP contribution in [0.5, 0.6) is 0 Å². The molecule has 0 spiro atoms. The fourth-order valence-corrected chi connectivity index (χ4v) is 4.26. The minimum Gasteiger partial charge on any atom is -0.359 e. The SMILES string of the molecule is C=C(Nc1ccc(Cl)cc1)C1CC(=N)CC1C(=C)Nc1ccc(-n2ccccc2=N)cc1F. The van der Waals surface area contributed by atoms with Crippen LogP contribution in [-0.4, -0.2) is 10.3 Å². The number of aromatic nitrogens is 1. The van der Waals surface area contributed by atoms with Crippen LogP contribution in [0.3, 0.4) is 0 Å². The third kappa shape index (κ3) is 5.07. The van der Waals surface area contributed by atoms with Gasteiger partial charge in [-0.2, -0.15) is 0 Å². The van der Waals surface area contributed by atoms with Crippen LogP contribution in [0.2, 0.25) is 5.02 Å². The zero-order chi connectivity index (χ0) is 23.5. The standard InChI is InChI=1S/C26H25ClFN5/c1-16(31-20-8-6-18(27)7-9-20)22-13-19(29)14-23(22)17(2)32-25-11-10-21(15-24(25)28)33-12-4-3-5-26(33)30/h3-12,15,22-23,29-32H,1-2,13-14H2. The molecule has 1 saturated carbocycles. The molecule has 4 N–H and O–H groups in total. The van der Waals surface area contributed by atoms with Crippen molar-refractivity contribution in [3.63, 3.8) is 0 Å². The predicted molar refractivity (Wildman–Crippen MR) is 132 cm³/mol. The van der Waals surface area contributed by atoms with E-state index in [0.717, 1.165) is 11.4 Å². The molecule has 2 aromatic carbocycles. The molecule has 0 saturated heterocycles. The molecule has 1 aliphatic carbocycles. The van der Waals surface area contributed by atoms with Crippen LogP contribution in [0.15, 0.2) is 91.4 Å². The van der Waals surface area contributed by atoms with E-state index >= 15 is 0 Å². The van der Waals surface area contributed by atoms with Crippen molar-refractivity contribution in [2.45, 2.75) is 12.8 Å². The maximum atomic E-state index is 14.9. The Kier molecular flexibility index (Phi) is 6.47. The van der Waals surface area contributed by atoms with Crippen molar-refractivity contribution in [2.24, 2.45) is 11.8 Å². The van der Waals surface area contributed by atoms with E-state index in [1.54, 1.807) is 53.2 Å². The fraction of sp³-hybridized carbons (Fsp3) is 0.154. The third-order valence-corrected chi connectivity index (χ3v) is 6.10. The largest absolute Gasteiger partial charge is 0.359 e. The molecule has 1 fully saturated rings. The molecule has 5 nitrogen and oxygen atoms in total. The highest BCUT2D eigenvalue weighted by molar-refractivity contribution is 6.30. The molecule has 3 aromatic rings. The van der Waals surface area contributed by atoms with E-state index in [-0.39, 0.29) is 17.3 Å². The van der Waals surface area contributed by atoms with Crippen molar-refractivity contribution in [3.8, 4) is 5.69 Å². The van der Waals surface area contributed by atoms with Gasteiger partial charge in [-0.3, -0.25) is 5.41 Å². The average Bonchev–Trinajstić information content (AvgIpc) is 3.19. The molecule has 0 aliphatic heterocycles. The van der Waals surface area contributed by atoms with Crippen molar-refractivity contribution < 1.29 is 4.39 Å². The van der Waals surface area contributed by atoms with E-state index in [2.05, 4.69) is 23.8 Å². The van der Waals surface area contributed by atoms with Gasteiger partial charge in [-0.1, -0.05) is 30.8 Å². The lowest BCUT2D eigenvalue weighted by molar-refractivity contribution is 0.510. The molecule has 2 unspecified atom stereocenters. The monoisotopic (exact) mass is 461 g/mol. The van der Waals surface area contributed by atoms with Crippen LogP contribution < -0.4 is 16.1 Å². The van der Waals surface area contributed by atoms with Gasteiger partial charge in [0.1, 0.15) is 11.3 Å². The minimum atomic E-state index is -0.438. The smallest absolute Gasteiger partial charge is 0.148 e. The molecule has 33 heavy (non-hydrogen) atoms. The van der Waals surface area contributed by atoms with E-state index in [0.29, 0.717) is 40.6 Å². The van der Waals surface area contributed by atoms with Gasteiger partial charge in [-0.25, -0.2) is 4.39 Å². The highest BCUT2D eigenvalue weighted by Crippen LogP contribution is 2.39. The molecular weight excluding hydrogens is 437 g/mol. The Morgan fingerprint density at radius 1 is 0.939 bits per heavy atom. The number of rotatable bonds is 7. The molecule has 0 radical (unpaired) electrons. The summed E-state index contributed by atoms with van der Waals surface area (Å²) in [6.45, 7) is 8.35. The summed E-state index contributed by atoms with van der Waals surface area (Å²) in [5.74, 6) is -0.569. The molecule has 1 aliphatic rings. The van der Waals surface area contributed by atoms with Gasteiger partial charge in [0, 0.05) is 51.9 Å². The summed E-state index contributed by atoms with van der Waals surface area (Å²) in [6.07, 6.45) is 2.83. The van der Waals surface area contributed by atoms with E-state index in [1.807, 2.05) is 12.1 Å². The van der Waals surface area contributed by atoms with E-state index < -0.39 is 5.82 Å². The Hall–Kier alpha value is -3.64. The highest BCUT2D eigenvalue weighted by atomic mass is 35.5. The third-order valence-electron chi connectivity index (χ3n) is 5.85. The van der Waals surface area contributed by atoms with Gasteiger partial charge in [-0.15, -0.1) is 0 Å². The van der Waals surface area contributed by atoms with Crippen molar-refractivity contribution in [3.05, 3.63) is 108 Å². The van der Waals surface area contributed by atoms with Crippen LogP contribution >= 0.6 is 11.6 Å². The van der Waals surface area contributed by atoms with E-state index in [4.69, 9.17) is 22.4 Å². The maximum Gasteiger partial charge on any atom is 0.148 e. The number of nitrogens with one attached hydrogen (secondary N) is 4. The van der Waals surface area contributed by atoms with Crippen LogP contribution in [0.1, 0.15) is 12.8 Å². The summed E-state index contributed by atoms with van der Waals surface area (Å²) in [6, 6.07) is 17.3. The van der Waals surface area contributed by atoms with Crippen molar-refractivity contribution in [1.29, 1.82) is 10.8 Å². The van der Waals surface area contributed by atoms with Crippen LogP contribution in [-0.2, 0) is 0 Å². The lowest BCUT2D eigenvalue weighted by atomic mass is 9.90. The summed E-state index contributed by atoms with van der Waals surface area (Å²) in [5.41, 5.74) is 4.05. The second-order valence-corrected chi connectivity index (χ2v) is 8.59. The van der Waals surface area contributed by atoms with Crippen molar-refractivity contribution >= 4 is 28.7 Å². The normalized spacial score (nSPS) is 17.6. The van der Waals surface area contributed by atoms with E-state index in [9.17, 15) is 4.39 Å². The van der Waals surface area contributed by atoms with Crippen LogP contribution in [0.25, 0.3) is 5.69 Å². The molecule has 4 rings (SSSR count). The van der Waals surface area contributed by atoms with E-state index in [1.165, 1.54) is 6.07 Å². The lowest BCUT2D eigenvalue weighted by Crippen LogP contribution is -2.20. The second kappa shape index (κ2) is 9.46. The van der Waals surface area contributed by atoms with Gasteiger partial charge in [0.25, 0.3) is 0 Å². The first-order valence-corrected chi connectivity index (χ1v) is 11.0. The Morgan fingerprint density at radius 3 is 2.24 bits per heavy atom. The number of benzene rings is 2.